The van der Waals surface area contributed by atoms with Gasteiger partial charge >= 0.3 is 0 Å². The Balaban J connectivity index is 2.08. The average molecular weight is 217 g/mol. The fourth-order valence-corrected chi connectivity index (χ4v) is 2.37. The zero-order valence-corrected chi connectivity index (χ0v) is 9.35. The van der Waals surface area contributed by atoms with Crippen LogP contribution in [0.3, 0.4) is 0 Å². The Bertz CT molecular complexity index is 498. The van der Waals surface area contributed by atoms with E-state index in [9.17, 15) is 0 Å². The molecule has 1 N–H and O–H groups in total. The Morgan fingerprint density at radius 2 is 2.00 bits per heavy atom. The number of aromatic nitrogens is 4. The Hall–Kier alpha value is -1.49. The lowest BCUT2D eigenvalue weighted by Gasteiger charge is -2.20. The first-order chi connectivity index (χ1) is 7.86. The molecule has 1 aliphatic heterocycles. The maximum Gasteiger partial charge on any atom is 0.176 e. The third-order valence-corrected chi connectivity index (χ3v) is 3.21. The maximum absolute atomic E-state index is 4.58. The van der Waals surface area contributed by atoms with Crippen LogP contribution in [0.5, 0.6) is 0 Å². The molecular formula is C11H15N5. The number of nitrogens with zero attached hydrogens (tertiary/aromatic N) is 4. The van der Waals surface area contributed by atoms with E-state index in [0.29, 0.717) is 5.92 Å². The Kier molecular flexibility index (Phi) is 2.32. The molecule has 5 heteroatoms. The number of piperidine rings is 1. The molecule has 84 valence electrons. The monoisotopic (exact) mass is 217 g/mol. The molecule has 0 atom stereocenters. The van der Waals surface area contributed by atoms with E-state index in [1.165, 1.54) is 0 Å². The van der Waals surface area contributed by atoms with Gasteiger partial charge in [-0.1, -0.05) is 0 Å². The molecule has 2 aromatic heterocycles. The van der Waals surface area contributed by atoms with Gasteiger partial charge in [-0.05, 0) is 25.9 Å². The molecule has 0 saturated carbocycles. The Morgan fingerprint density at radius 3 is 2.81 bits per heavy atom. The highest BCUT2D eigenvalue weighted by Crippen LogP contribution is 2.28. The van der Waals surface area contributed by atoms with Gasteiger partial charge in [-0.3, -0.25) is 0 Å². The molecular weight excluding hydrogens is 202 g/mol. The lowest BCUT2D eigenvalue weighted by molar-refractivity contribution is 0.451. The zero-order chi connectivity index (χ0) is 11.0. The molecule has 16 heavy (non-hydrogen) atoms. The van der Waals surface area contributed by atoms with Crippen molar-refractivity contribution >= 4 is 11.2 Å². The van der Waals surface area contributed by atoms with Crippen LogP contribution >= 0.6 is 0 Å². The summed E-state index contributed by atoms with van der Waals surface area (Å²) in [6, 6.07) is 0. The fraction of sp³-hybridized carbons (Fsp3) is 0.545. The van der Waals surface area contributed by atoms with E-state index in [2.05, 4.69) is 20.4 Å². The summed E-state index contributed by atoms with van der Waals surface area (Å²) in [6.07, 6.45) is 5.75. The summed E-state index contributed by atoms with van der Waals surface area (Å²) in [6.45, 7) is 2.14. The quantitative estimate of drug-likeness (QED) is 0.768. The van der Waals surface area contributed by atoms with Crippen LogP contribution in [0.1, 0.15) is 24.5 Å². The molecule has 1 aliphatic rings. The largest absolute Gasteiger partial charge is 0.317 e. The number of hydrogen-bond donors (Lipinski definition) is 1. The van der Waals surface area contributed by atoms with Crippen molar-refractivity contribution in [2.75, 3.05) is 13.1 Å². The molecule has 0 aromatic carbocycles. The van der Waals surface area contributed by atoms with Crippen molar-refractivity contribution in [3.8, 4) is 0 Å². The molecule has 0 spiro atoms. The van der Waals surface area contributed by atoms with E-state index in [0.717, 1.165) is 42.8 Å². The third-order valence-electron chi connectivity index (χ3n) is 3.21. The van der Waals surface area contributed by atoms with E-state index >= 15 is 0 Å². The summed E-state index contributed by atoms with van der Waals surface area (Å²) in [5.74, 6) is 0.529. The van der Waals surface area contributed by atoms with Crippen LogP contribution in [0.15, 0.2) is 12.4 Å². The minimum absolute atomic E-state index is 0.529. The van der Waals surface area contributed by atoms with E-state index < -0.39 is 0 Å². The van der Waals surface area contributed by atoms with Gasteiger partial charge in [0.15, 0.2) is 5.65 Å². The van der Waals surface area contributed by atoms with Gasteiger partial charge in [0.1, 0.15) is 5.52 Å². The molecule has 0 unspecified atom stereocenters. The summed E-state index contributed by atoms with van der Waals surface area (Å²) in [7, 11) is 1.93. The molecule has 5 nitrogen and oxygen atoms in total. The SMILES string of the molecule is Cn1nc(C2CCNCC2)c2nccnc21. The summed E-state index contributed by atoms with van der Waals surface area (Å²) < 4.78 is 1.83. The van der Waals surface area contributed by atoms with E-state index in [1.807, 2.05) is 11.7 Å². The second-order valence-corrected chi connectivity index (χ2v) is 4.26. The standard InChI is InChI=1S/C11H15N5/c1-16-11-10(13-6-7-14-11)9(15-16)8-2-4-12-5-3-8/h6-8,12H,2-5H2,1H3. The first-order valence-electron chi connectivity index (χ1n) is 5.70. The number of hydrogen-bond acceptors (Lipinski definition) is 4. The predicted octanol–water partition coefficient (Wildman–Crippen LogP) is 0.830. The van der Waals surface area contributed by atoms with Crippen molar-refractivity contribution in [3.05, 3.63) is 18.1 Å². The highest BCUT2D eigenvalue weighted by Gasteiger charge is 2.22. The van der Waals surface area contributed by atoms with Gasteiger partial charge in [-0.2, -0.15) is 5.10 Å². The highest BCUT2D eigenvalue weighted by molar-refractivity contribution is 5.73. The molecule has 3 heterocycles. The van der Waals surface area contributed by atoms with E-state index in [1.54, 1.807) is 12.4 Å². The van der Waals surface area contributed by atoms with Gasteiger partial charge in [0, 0.05) is 25.4 Å². The average Bonchev–Trinajstić information content (AvgIpc) is 2.69. The molecule has 0 radical (unpaired) electrons. The van der Waals surface area contributed by atoms with Crippen molar-refractivity contribution in [3.63, 3.8) is 0 Å². The normalized spacial score (nSPS) is 18.1. The number of rotatable bonds is 1. The van der Waals surface area contributed by atoms with Crippen LogP contribution in [-0.2, 0) is 7.05 Å². The van der Waals surface area contributed by atoms with Crippen molar-refractivity contribution in [2.45, 2.75) is 18.8 Å². The van der Waals surface area contributed by atoms with E-state index in [4.69, 9.17) is 0 Å². The minimum Gasteiger partial charge on any atom is -0.317 e. The fourth-order valence-electron chi connectivity index (χ4n) is 2.37. The van der Waals surface area contributed by atoms with Gasteiger partial charge in [0.25, 0.3) is 0 Å². The Morgan fingerprint density at radius 1 is 1.25 bits per heavy atom. The molecule has 0 bridgehead atoms. The van der Waals surface area contributed by atoms with Crippen LogP contribution in [0.2, 0.25) is 0 Å². The summed E-state index contributed by atoms with van der Waals surface area (Å²) in [4.78, 5) is 8.73. The van der Waals surface area contributed by atoms with Crippen molar-refractivity contribution in [1.29, 1.82) is 0 Å². The maximum atomic E-state index is 4.58. The lowest BCUT2D eigenvalue weighted by atomic mass is 9.94. The van der Waals surface area contributed by atoms with Crippen LogP contribution in [0, 0.1) is 0 Å². The molecule has 0 amide bonds. The summed E-state index contributed by atoms with van der Waals surface area (Å²) >= 11 is 0. The van der Waals surface area contributed by atoms with Crippen molar-refractivity contribution in [2.24, 2.45) is 7.05 Å². The molecule has 3 rings (SSSR count). The lowest BCUT2D eigenvalue weighted by Crippen LogP contribution is -2.27. The Labute approximate surface area is 93.9 Å². The first kappa shape index (κ1) is 9.72. The van der Waals surface area contributed by atoms with E-state index in [-0.39, 0.29) is 0 Å². The third kappa shape index (κ3) is 1.48. The second-order valence-electron chi connectivity index (χ2n) is 4.26. The minimum atomic E-state index is 0.529. The highest BCUT2D eigenvalue weighted by atomic mass is 15.3. The summed E-state index contributed by atoms with van der Waals surface area (Å²) in [5.41, 5.74) is 2.97. The number of fused-ring (bicyclic) bond motifs is 1. The van der Waals surface area contributed by atoms with Gasteiger partial charge < -0.3 is 5.32 Å². The summed E-state index contributed by atoms with van der Waals surface area (Å²) in [5, 5.41) is 7.95. The zero-order valence-electron chi connectivity index (χ0n) is 9.35. The number of aryl methyl sites for hydroxylation is 1. The van der Waals surface area contributed by atoms with Crippen LogP contribution in [0.25, 0.3) is 11.2 Å². The van der Waals surface area contributed by atoms with Crippen molar-refractivity contribution < 1.29 is 0 Å². The second kappa shape index (κ2) is 3.83. The van der Waals surface area contributed by atoms with Gasteiger partial charge in [0.2, 0.25) is 0 Å². The van der Waals surface area contributed by atoms with Crippen LogP contribution in [-0.4, -0.2) is 32.8 Å². The van der Waals surface area contributed by atoms with Gasteiger partial charge in [-0.15, -0.1) is 0 Å². The van der Waals surface area contributed by atoms with Crippen LogP contribution < -0.4 is 5.32 Å². The van der Waals surface area contributed by atoms with Crippen molar-refractivity contribution in [1.82, 2.24) is 25.1 Å². The molecule has 0 aliphatic carbocycles. The molecule has 2 aromatic rings. The topological polar surface area (TPSA) is 55.6 Å². The molecule has 1 fully saturated rings. The molecule has 1 saturated heterocycles. The predicted molar refractivity (Wildman–Crippen MR) is 61.1 cm³/mol. The van der Waals surface area contributed by atoms with Crippen LogP contribution in [0.4, 0.5) is 0 Å². The first-order valence-corrected chi connectivity index (χ1v) is 5.70. The number of nitrogens with one attached hydrogen (secondary N) is 1. The smallest absolute Gasteiger partial charge is 0.176 e. The van der Waals surface area contributed by atoms with Gasteiger partial charge in [-0.25, -0.2) is 14.6 Å². The van der Waals surface area contributed by atoms with Gasteiger partial charge in [0.05, 0.1) is 5.69 Å².